The summed E-state index contributed by atoms with van der Waals surface area (Å²) in [5, 5.41) is 8.85. The third-order valence-electron chi connectivity index (χ3n) is 3.73. The molecule has 110 valence electrons. The minimum absolute atomic E-state index is 0.00593. The Morgan fingerprint density at radius 3 is 2.65 bits per heavy atom. The van der Waals surface area contributed by atoms with Crippen LogP contribution in [0.15, 0.2) is 18.2 Å². The first-order chi connectivity index (χ1) is 9.47. The van der Waals surface area contributed by atoms with Crippen molar-refractivity contribution < 1.29 is 14.3 Å². The lowest BCUT2D eigenvalue weighted by Crippen LogP contribution is -2.28. The van der Waals surface area contributed by atoms with Crippen molar-refractivity contribution in [1.29, 1.82) is 0 Å². The van der Waals surface area contributed by atoms with Crippen LogP contribution in [0.25, 0.3) is 0 Å². The highest BCUT2D eigenvalue weighted by Gasteiger charge is 2.29. The second-order valence-corrected chi connectivity index (χ2v) is 6.00. The van der Waals surface area contributed by atoms with Gasteiger partial charge in [0.05, 0.1) is 5.56 Å². The summed E-state index contributed by atoms with van der Waals surface area (Å²) in [7, 11) is 0. The van der Waals surface area contributed by atoms with Gasteiger partial charge in [0.25, 0.3) is 0 Å². The molecule has 0 aliphatic heterocycles. The van der Waals surface area contributed by atoms with Gasteiger partial charge in [-0.2, -0.15) is 0 Å². The van der Waals surface area contributed by atoms with Crippen LogP contribution in [0, 0.1) is 11.7 Å². The molecule has 4 heteroatoms. The molecule has 0 bridgehead atoms. The minimum atomic E-state index is -1.09. The lowest BCUT2D eigenvalue weighted by Gasteiger charge is -2.23. The van der Waals surface area contributed by atoms with E-state index in [4.69, 9.17) is 5.11 Å². The van der Waals surface area contributed by atoms with Crippen LogP contribution in [-0.2, 0) is 6.54 Å². The number of aromatic carboxylic acids is 1. The van der Waals surface area contributed by atoms with Crippen molar-refractivity contribution in [3.8, 4) is 0 Å². The predicted octanol–water partition coefficient (Wildman–Crippen LogP) is 3.53. The summed E-state index contributed by atoms with van der Waals surface area (Å²) in [4.78, 5) is 13.1. The quantitative estimate of drug-likeness (QED) is 0.830. The topological polar surface area (TPSA) is 40.5 Å². The zero-order valence-electron chi connectivity index (χ0n) is 12.1. The van der Waals surface area contributed by atoms with E-state index in [2.05, 4.69) is 18.7 Å². The number of hydrogen-bond acceptors (Lipinski definition) is 2. The monoisotopic (exact) mass is 279 g/mol. The number of nitrogens with zero attached hydrogens (tertiary/aromatic N) is 1. The summed E-state index contributed by atoms with van der Waals surface area (Å²) in [6.45, 7) is 5.92. The molecule has 1 N–H and O–H groups in total. The van der Waals surface area contributed by atoms with Crippen LogP contribution in [-0.4, -0.2) is 28.6 Å². The summed E-state index contributed by atoms with van der Waals surface area (Å²) < 4.78 is 14.0. The molecular weight excluding hydrogens is 257 g/mol. The molecule has 0 amide bonds. The van der Waals surface area contributed by atoms with Gasteiger partial charge in [-0.15, -0.1) is 0 Å². The third kappa shape index (κ3) is 4.04. The minimum Gasteiger partial charge on any atom is -0.478 e. The van der Waals surface area contributed by atoms with Crippen LogP contribution in [0.2, 0.25) is 0 Å². The first-order valence-corrected chi connectivity index (χ1v) is 7.23. The zero-order chi connectivity index (χ0) is 14.7. The fraction of sp³-hybridized carbons (Fsp3) is 0.562. The maximum absolute atomic E-state index is 14.0. The Balaban J connectivity index is 2.04. The second-order valence-electron chi connectivity index (χ2n) is 6.00. The highest BCUT2D eigenvalue weighted by Crippen LogP contribution is 2.29. The largest absolute Gasteiger partial charge is 0.478 e. The molecule has 1 aromatic rings. The SMILES string of the molecule is CC(C)CCN(Cc1ccc(C(=O)O)cc1F)C1CC1. The van der Waals surface area contributed by atoms with Crippen molar-refractivity contribution in [1.82, 2.24) is 4.90 Å². The molecule has 0 atom stereocenters. The number of carbonyl (C=O) groups is 1. The molecule has 20 heavy (non-hydrogen) atoms. The molecule has 0 aromatic heterocycles. The second kappa shape index (κ2) is 6.35. The fourth-order valence-electron chi connectivity index (χ4n) is 2.28. The van der Waals surface area contributed by atoms with E-state index < -0.39 is 11.8 Å². The standard InChI is InChI=1S/C16H22FNO2/c1-11(2)7-8-18(14-5-6-14)10-13-4-3-12(16(19)20)9-15(13)17/h3-4,9,11,14H,5-8,10H2,1-2H3,(H,19,20). The molecule has 0 heterocycles. The van der Waals surface area contributed by atoms with Gasteiger partial charge in [-0.05, 0) is 43.9 Å². The molecule has 0 unspecified atom stereocenters. The normalized spacial score (nSPS) is 15.1. The Hall–Kier alpha value is -1.42. The number of carboxylic acids is 1. The Morgan fingerprint density at radius 2 is 2.15 bits per heavy atom. The van der Waals surface area contributed by atoms with Crippen LogP contribution in [0.1, 0.15) is 49.0 Å². The molecule has 2 rings (SSSR count). The summed E-state index contributed by atoms with van der Waals surface area (Å²) in [6.07, 6.45) is 3.48. The molecule has 3 nitrogen and oxygen atoms in total. The Morgan fingerprint density at radius 1 is 1.45 bits per heavy atom. The summed E-state index contributed by atoms with van der Waals surface area (Å²) in [5.41, 5.74) is 0.594. The van der Waals surface area contributed by atoms with Gasteiger partial charge in [0.2, 0.25) is 0 Å². The van der Waals surface area contributed by atoms with Crippen molar-refractivity contribution in [2.24, 2.45) is 5.92 Å². The Kier molecular flexibility index (Phi) is 4.76. The van der Waals surface area contributed by atoms with E-state index in [1.807, 2.05) is 0 Å². The van der Waals surface area contributed by atoms with Crippen LogP contribution < -0.4 is 0 Å². The first kappa shape index (κ1) is 15.0. The van der Waals surface area contributed by atoms with Gasteiger partial charge < -0.3 is 5.11 Å². The highest BCUT2D eigenvalue weighted by molar-refractivity contribution is 5.87. The van der Waals surface area contributed by atoms with E-state index in [9.17, 15) is 9.18 Å². The average molecular weight is 279 g/mol. The summed E-state index contributed by atoms with van der Waals surface area (Å²) in [5.74, 6) is -0.870. The number of halogens is 1. The van der Waals surface area contributed by atoms with E-state index in [1.165, 1.54) is 18.9 Å². The van der Waals surface area contributed by atoms with Crippen molar-refractivity contribution >= 4 is 5.97 Å². The van der Waals surface area contributed by atoms with Crippen LogP contribution >= 0.6 is 0 Å². The molecule has 0 spiro atoms. The van der Waals surface area contributed by atoms with Crippen LogP contribution in [0.3, 0.4) is 0 Å². The van der Waals surface area contributed by atoms with Gasteiger partial charge in [-0.3, -0.25) is 4.90 Å². The van der Waals surface area contributed by atoms with Crippen LogP contribution in [0.5, 0.6) is 0 Å². The van der Waals surface area contributed by atoms with Crippen LogP contribution in [0.4, 0.5) is 4.39 Å². The van der Waals surface area contributed by atoms with Gasteiger partial charge in [-0.25, -0.2) is 9.18 Å². The molecule has 0 radical (unpaired) electrons. The van der Waals surface area contributed by atoms with Gasteiger partial charge in [0, 0.05) is 18.2 Å². The molecular formula is C16H22FNO2. The number of carboxylic acid groups (broad SMARTS) is 1. The van der Waals surface area contributed by atoms with E-state index in [-0.39, 0.29) is 5.56 Å². The molecule has 1 aliphatic rings. The van der Waals surface area contributed by atoms with Gasteiger partial charge >= 0.3 is 5.97 Å². The third-order valence-corrected chi connectivity index (χ3v) is 3.73. The molecule has 1 aliphatic carbocycles. The van der Waals surface area contributed by atoms with E-state index in [0.29, 0.717) is 24.1 Å². The average Bonchev–Trinajstić information content (AvgIpc) is 3.19. The van der Waals surface area contributed by atoms with Crippen molar-refractivity contribution in [3.05, 3.63) is 35.1 Å². The fourth-order valence-corrected chi connectivity index (χ4v) is 2.28. The van der Waals surface area contributed by atoms with E-state index >= 15 is 0 Å². The van der Waals surface area contributed by atoms with Crippen molar-refractivity contribution in [2.45, 2.75) is 45.7 Å². The highest BCUT2D eigenvalue weighted by atomic mass is 19.1. The van der Waals surface area contributed by atoms with E-state index in [1.54, 1.807) is 6.07 Å². The number of benzene rings is 1. The maximum Gasteiger partial charge on any atom is 0.335 e. The predicted molar refractivity (Wildman–Crippen MR) is 76.2 cm³/mol. The number of rotatable bonds is 7. The smallest absolute Gasteiger partial charge is 0.335 e. The van der Waals surface area contributed by atoms with Crippen molar-refractivity contribution in [3.63, 3.8) is 0 Å². The summed E-state index contributed by atoms with van der Waals surface area (Å²) in [6, 6.07) is 4.77. The van der Waals surface area contributed by atoms with Gasteiger partial charge in [0.1, 0.15) is 5.82 Å². The molecule has 1 saturated carbocycles. The first-order valence-electron chi connectivity index (χ1n) is 7.23. The van der Waals surface area contributed by atoms with Crippen molar-refractivity contribution in [2.75, 3.05) is 6.54 Å². The molecule has 1 fully saturated rings. The van der Waals surface area contributed by atoms with Gasteiger partial charge in [0.15, 0.2) is 0 Å². The Labute approximate surface area is 119 Å². The lowest BCUT2D eigenvalue weighted by molar-refractivity contribution is 0.0696. The molecule has 1 aromatic carbocycles. The lowest BCUT2D eigenvalue weighted by atomic mass is 10.1. The summed E-state index contributed by atoms with van der Waals surface area (Å²) >= 11 is 0. The Bertz CT molecular complexity index is 483. The van der Waals surface area contributed by atoms with Gasteiger partial charge in [-0.1, -0.05) is 19.9 Å². The van der Waals surface area contributed by atoms with E-state index in [0.717, 1.165) is 19.0 Å². The number of hydrogen-bond donors (Lipinski definition) is 1. The maximum atomic E-state index is 14.0. The molecule has 0 saturated heterocycles. The zero-order valence-corrected chi connectivity index (χ0v) is 12.1.